The monoisotopic (exact) mass is 478 g/mol. The second-order valence-corrected chi connectivity index (χ2v) is 6.13. The van der Waals surface area contributed by atoms with Crippen molar-refractivity contribution in [3.05, 3.63) is 65.9 Å². The minimum Gasteiger partial charge on any atom is -0.496 e. The maximum Gasteiger partial charge on any atom is 0.191 e. The number of benzene rings is 2. The third-order valence-corrected chi connectivity index (χ3v) is 4.45. The number of guanidine groups is 1. The maximum absolute atomic E-state index is 5.38. The van der Waals surface area contributed by atoms with Gasteiger partial charge in [0.1, 0.15) is 5.75 Å². The SMILES string of the molecule is CN=C(NCCCc1c[nH]c2ccccc12)NCc1ccccc1OC.I. The number of nitrogens with zero attached hydrogens (tertiary/aromatic N) is 1. The lowest BCUT2D eigenvalue weighted by atomic mass is 10.1. The normalized spacial score (nSPS) is 11.1. The molecule has 3 N–H and O–H groups in total. The van der Waals surface area contributed by atoms with Crippen molar-refractivity contribution in [1.29, 1.82) is 0 Å². The van der Waals surface area contributed by atoms with Crippen LogP contribution in [0.2, 0.25) is 0 Å². The molecule has 0 saturated heterocycles. The summed E-state index contributed by atoms with van der Waals surface area (Å²) in [5.74, 6) is 1.68. The van der Waals surface area contributed by atoms with Gasteiger partial charge in [0.05, 0.1) is 7.11 Å². The zero-order valence-corrected chi connectivity index (χ0v) is 18.1. The van der Waals surface area contributed by atoms with E-state index in [1.807, 2.05) is 18.2 Å². The van der Waals surface area contributed by atoms with E-state index in [1.165, 1.54) is 16.5 Å². The van der Waals surface area contributed by atoms with Crippen LogP contribution >= 0.6 is 24.0 Å². The maximum atomic E-state index is 5.38. The van der Waals surface area contributed by atoms with Crippen molar-refractivity contribution in [2.24, 2.45) is 4.99 Å². The molecule has 0 amide bonds. The van der Waals surface area contributed by atoms with E-state index >= 15 is 0 Å². The zero-order valence-electron chi connectivity index (χ0n) is 15.8. The van der Waals surface area contributed by atoms with Gasteiger partial charge in [-0.25, -0.2) is 0 Å². The minimum absolute atomic E-state index is 0. The van der Waals surface area contributed by atoms with Crippen molar-refractivity contribution in [1.82, 2.24) is 15.6 Å². The molecule has 1 heterocycles. The summed E-state index contributed by atoms with van der Waals surface area (Å²) < 4.78 is 5.38. The number of aromatic amines is 1. The fourth-order valence-corrected chi connectivity index (χ4v) is 3.07. The van der Waals surface area contributed by atoms with Crippen LogP contribution < -0.4 is 15.4 Å². The Morgan fingerprint density at radius 3 is 2.63 bits per heavy atom. The van der Waals surface area contributed by atoms with Crippen LogP contribution in [-0.2, 0) is 13.0 Å². The third kappa shape index (κ3) is 5.63. The largest absolute Gasteiger partial charge is 0.496 e. The summed E-state index contributed by atoms with van der Waals surface area (Å²) in [5.41, 5.74) is 3.67. The molecule has 0 spiro atoms. The van der Waals surface area contributed by atoms with Gasteiger partial charge in [0.25, 0.3) is 0 Å². The van der Waals surface area contributed by atoms with E-state index in [1.54, 1.807) is 14.2 Å². The molecule has 0 aliphatic carbocycles. The molecule has 0 aliphatic heterocycles. The summed E-state index contributed by atoms with van der Waals surface area (Å²) in [4.78, 5) is 7.62. The summed E-state index contributed by atoms with van der Waals surface area (Å²) in [6.07, 6.45) is 4.18. The van der Waals surface area contributed by atoms with Gasteiger partial charge in [-0.05, 0) is 30.5 Å². The van der Waals surface area contributed by atoms with E-state index < -0.39 is 0 Å². The van der Waals surface area contributed by atoms with Gasteiger partial charge in [-0.15, -0.1) is 24.0 Å². The van der Waals surface area contributed by atoms with E-state index in [0.717, 1.165) is 36.7 Å². The van der Waals surface area contributed by atoms with Crippen LogP contribution in [0.3, 0.4) is 0 Å². The summed E-state index contributed by atoms with van der Waals surface area (Å²) in [6.45, 7) is 1.54. The number of ether oxygens (including phenoxy) is 1. The van der Waals surface area contributed by atoms with E-state index in [0.29, 0.717) is 6.54 Å². The van der Waals surface area contributed by atoms with Crippen LogP contribution in [0.5, 0.6) is 5.75 Å². The van der Waals surface area contributed by atoms with Gasteiger partial charge in [0.2, 0.25) is 0 Å². The van der Waals surface area contributed by atoms with Crippen LogP contribution in [-0.4, -0.2) is 31.6 Å². The van der Waals surface area contributed by atoms with Crippen molar-refractivity contribution >= 4 is 40.8 Å². The molecule has 2 aromatic carbocycles. The van der Waals surface area contributed by atoms with Crippen LogP contribution in [0.25, 0.3) is 10.9 Å². The first-order chi connectivity index (χ1) is 12.8. The van der Waals surface area contributed by atoms with Crippen molar-refractivity contribution in [3.8, 4) is 5.75 Å². The number of methoxy groups -OCH3 is 1. The van der Waals surface area contributed by atoms with Crippen molar-refractivity contribution < 1.29 is 4.74 Å². The number of para-hydroxylation sites is 2. The smallest absolute Gasteiger partial charge is 0.191 e. The van der Waals surface area contributed by atoms with Crippen LogP contribution in [0.4, 0.5) is 0 Å². The summed E-state index contributed by atoms with van der Waals surface area (Å²) >= 11 is 0. The van der Waals surface area contributed by atoms with Crippen LogP contribution in [0.1, 0.15) is 17.5 Å². The van der Waals surface area contributed by atoms with Gasteiger partial charge in [-0.2, -0.15) is 0 Å². The highest BCUT2D eigenvalue weighted by Crippen LogP contribution is 2.19. The topological polar surface area (TPSA) is 61.4 Å². The molecule has 1 aromatic heterocycles. The predicted octanol–water partition coefficient (Wildman–Crippen LogP) is 4.09. The van der Waals surface area contributed by atoms with E-state index in [9.17, 15) is 0 Å². The fourth-order valence-electron chi connectivity index (χ4n) is 3.07. The summed E-state index contributed by atoms with van der Waals surface area (Å²) in [7, 11) is 3.48. The molecular weight excluding hydrogens is 451 g/mol. The molecule has 0 atom stereocenters. The number of rotatable bonds is 7. The number of nitrogens with one attached hydrogen (secondary N) is 3. The number of fused-ring (bicyclic) bond motifs is 1. The highest BCUT2D eigenvalue weighted by atomic mass is 127. The molecule has 0 bridgehead atoms. The van der Waals surface area contributed by atoms with Gasteiger partial charge in [0.15, 0.2) is 5.96 Å². The third-order valence-electron chi connectivity index (χ3n) is 4.45. The number of aliphatic imine (C=N–C) groups is 1. The molecule has 0 fully saturated rings. The summed E-state index contributed by atoms with van der Waals surface area (Å²) in [6, 6.07) is 16.4. The Labute approximate surface area is 177 Å². The van der Waals surface area contributed by atoms with E-state index in [4.69, 9.17) is 4.74 Å². The zero-order chi connectivity index (χ0) is 18.2. The Bertz CT molecular complexity index is 875. The highest BCUT2D eigenvalue weighted by molar-refractivity contribution is 14.0. The Morgan fingerprint density at radius 1 is 1.04 bits per heavy atom. The van der Waals surface area contributed by atoms with Crippen molar-refractivity contribution in [2.45, 2.75) is 19.4 Å². The quantitative estimate of drug-likeness (QED) is 0.208. The Hall–Kier alpha value is -2.22. The molecular formula is C21H27IN4O. The van der Waals surface area contributed by atoms with E-state index in [2.05, 4.69) is 57.1 Å². The molecule has 144 valence electrons. The van der Waals surface area contributed by atoms with Crippen molar-refractivity contribution in [3.63, 3.8) is 0 Å². The molecule has 0 aliphatic rings. The molecule has 0 saturated carbocycles. The fraction of sp³-hybridized carbons (Fsp3) is 0.286. The number of aryl methyl sites for hydroxylation is 1. The molecule has 0 unspecified atom stereocenters. The van der Waals surface area contributed by atoms with Gasteiger partial charge in [-0.3, -0.25) is 4.99 Å². The molecule has 3 aromatic rings. The number of hydrogen-bond donors (Lipinski definition) is 3. The standard InChI is InChI=1S/C21H26N4O.HI/c1-22-21(25-15-17-8-3-6-12-20(17)26-2)23-13-7-9-16-14-24-19-11-5-4-10-18(16)19;/h3-6,8,10-12,14,24H,7,9,13,15H2,1-2H3,(H2,22,23,25);1H. The molecule has 6 heteroatoms. The first-order valence-corrected chi connectivity index (χ1v) is 8.93. The first kappa shape index (κ1) is 21.1. The van der Waals surface area contributed by atoms with Crippen LogP contribution in [0.15, 0.2) is 59.7 Å². The number of halogens is 1. The Kier molecular flexibility index (Phi) is 8.44. The average Bonchev–Trinajstić information content (AvgIpc) is 3.11. The summed E-state index contributed by atoms with van der Waals surface area (Å²) in [5, 5.41) is 8.02. The Balaban J connectivity index is 0.00000261. The lowest BCUT2D eigenvalue weighted by Gasteiger charge is -2.13. The van der Waals surface area contributed by atoms with E-state index in [-0.39, 0.29) is 24.0 Å². The second-order valence-electron chi connectivity index (χ2n) is 6.13. The molecule has 3 rings (SSSR count). The minimum atomic E-state index is 0. The number of aromatic nitrogens is 1. The average molecular weight is 478 g/mol. The van der Waals surface area contributed by atoms with Crippen LogP contribution in [0, 0.1) is 0 Å². The van der Waals surface area contributed by atoms with Gasteiger partial charge < -0.3 is 20.4 Å². The second kappa shape index (κ2) is 10.8. The lowest BCUT2D eigenvalue weighted by molar-refractivity contribution is 0.409. The molecule has 5 nitrogen and oxygen atoms in total. The molecule has 27 heavy (non-hydrogen) atoms. The van der Waals surface area contributed by atoms with Gasteiger partial charge in [-0.1, -0.05) is 36.4 Å². The van der Waals surface area contributed by atoms with Crippen molar-refractivity contribution in [2.75, 3.05) is 20.7 Å². The van der Waals surface area contributed by atoms with Gasteiger partial charge in [0, 0.05) is 42.8 Å². The van der Waals surface area contributed by atoms with Gasteiger partial charge >= 0.3 is 0 Å². The highest BCUT2D eigenvalue weighted by Gasteiger charge is 2.05. The predicted molar refractivity (Wildman–Crippen MR) is 123 cm³/mol. The number of H-pyrrole nitrogens is 1. The first-order valence-electron chi connectivity index (χ1n) is 8.93. The molecule has 0 radical (unpaired) electrons. The lowest BCUT2D eigenvalue weighted by Crippen LogP contribution is -2.37. The Morgan fingerprint density at radius 2 is 1.81 bits per heavy atom. The number of hydrogen-bond acceptors (Lipinski definition) is 2.